The van der Waals surface area contributed by atoms with E-state index in [1.54, 1.807) is 0 Å². The zero-order valence-corrected chi connectivity index (χ0v) is 9.50. The molecule has 1 aromatic rings. The van der Waals surface area contributed by atoms with E-state index < -0.39 is 0 Å². The molecule has 0 saturated carbocycles. The van der Waals surface area contributed by atoms with Gasteiger partial charge in [-0.3, -0.25) is 4.79 Å². The molecule has 1 unspecified atom stereocenters. The standard InChI is InChI=1S/C12H18N2O/c1-4-12(15)14-11-8-6-5-7-10(11)9(2)13-3/h5-9,13H,4H2,1-3H3,(H,14,15). The zero-order valence-electron chi connectivity index (χ0n) is 9.50. The summed E-state index contributed by atoms with van der Waals surface area (Å²) in [6.45, 7) is 3.91. The molecule has 3 nitrogen and oxygen atoms in total. The average Bonchev–Trinajstić information content (AvgIpc) is 2.28. The van der Waals surface area contributed by atoms with Gasteiger partial charge in [-0.1, -0.05) is 25.1 Å². The number of hydrogen-bond acceptors (Lipinski definition) is 2. The molecule has 15 heavy (non-hydrogen) atoms. The molecule has 0 fully saturated rings. The molecular formula is C12H18N2O. The van der Waals surface area contributed by atoms with Crippen LogP contribution in [0.2, 0.25) is 0 Å². The molecule has 0 aliphatic carbocycles. The topological polar surface area (TPSA) is 41.1 Å². The molecule has 0 aliphatic rings. The Balaban J connectivity index is 2.91. The normalized spacial score (nSPS) is 12.2. The van der Waals surface area contributed by atoms with Crippen molar-refractivity contribution >= 4 is 11.6 Å². The van der Waals surface area contributed by atoms with Gasteiger partial charge in [0.25, 0.3) is 0 Å². The van der Waals surface area contributed by atoms with Gasteiger partial charge in [-0.15, -0.1) is 0 Å². The van der Waals surface area contributed by atoms with E-state index in [0.717, 1.165) is 11.3 Å². The molecular weight excluding hydrogens is 188 g/mol. The average molecular weight is 206 g/mol. The number of carbonyl (C=O) groups excluding carboxylic acids is 1. The lowest BCUT2D eigenvalue weighted by atomic mass is 10.1. The van der Waals surface area contributed by atoms with Crippen molar-refractivity contribution < 1.29 is 4.79 Å². The number of nitrogens with one attached hydrogen (secondary N) is 2. The van der Waals surface area contributed by atoms with Crippen LogP contribution in [0, 0.1) is 0 Å². The SMILES string of the molecule is CCC(=O)Nc1ccccc1C(C)NC. The number of para-hydroxylation sites is 1. The third kappa shape index (κ3) is 3.06. The minimum absolute atomic E-state index is 0.0470. The van der Waals surface area contributed by atoms with Gasteiger partial charge >= 0.3 is 0 Å². The molecule has 0 aromatic heterocycles. The summed E-state index contributed by atoms with van der Waals surface area (Å²) in [7, 11) is 1.91. The molecule has 0 saturated heterocycles. The maximum absolute atomic E-state index is 11.3. The number of anilines is 1. The van der Waals surface area contributed by atoms with Gasteiger partial charge < -0.3 is 10.6 Å². The van der Waals surface area contributed by atoms with E-state index in [2.05, 4.69) is 17.6 Å². The highest BCUT2D eigenvalue weighted by Crippen LogP contribution is 2.22. The van der Waals surface area contributed by atoms with Crippen LogP contribution >= 0.6 is 0 Å². The van der Waals surface area contributed by atoms with Crippen LogP contribution in [0.5, 0.6) is 0 Å². The van der Waals surface area contributed by atoms with Crippen molar-refractivity contribution in [1.29, 1.82) is 0 Å². The minimum Gasteiger partial charge on any atom is -0.326 e. The van der Waals surface area contributed by atoms with E-state index >= 15 is 0 Å². The van der Waals surface area contributed by atoms with Crippen LogP contribution in [-0.2, 0) is 4.79 Å². The Hall–Kier alpha value is -1.35. The Morgan fingerprint density at radius 2 is 2.07 bits per heavy atom. The van der Waals surface area contributed by atoms with Gasteiger partial charge in [-0.25, -0.2) is 0 Å². The molecule has 0 bridgehead atoms. The molecule has 0 radical (unpaired) electrons. The number of rotatable bonds is 4. The fourth-order valence-corrected chi connectivity index (χ4v) is 1.38. The van der Waals surface area contributed by atoms with Crippen molar-refractivity contribution in [2.75, 3.05) is 12.4 Å². The van der Waals surface area contributed by atoms with Gasteiger partial charge in [0.05, 0.1) is 0 Å². The van der Waals surface area contributed by atoms with E-state index in [0.29, 0.717) is 6.42 Å². The maximum Gasteiger partial charge on any atom is 0.224 e. The molecule has 1 atom stereocenters. The van der Waals surface area contributed by atoms with Gasteiger partial charge in [0, 0.05) is 18.2 Å². The Bertz CT molecular complexity index is 336. The van der Waals surface area contributed by atoms with Gasteiger partial charge in [-0.05, 0) is 25.6 Å². The van der Waals surface area contributed by atoms with Gasteiger partial charge in [-0.2, -0.15) is 0 Å². The molecule has 0 spiro atoms. The molecule has 0 heterocycles. The molecule has 82 valence electrons. The van der Waals surface area contributed by atoms with Gasteiger partial charge in [0.2, 0.25) is 5.91 Å². The van der Waals surface area contributed by atoms with Crippen LogP contribution in [-0.4, -0.2) is 13.0 Å². The van der Waals surface area contributed by atoms with Gasteiger partial charge in [0.15, 0.2) is 0 Å². The lowest BCUT2D eigenvalue weighted by Gasteiger charge is -2.16. The zero-order chi connectivity index (χ0) is 11.3. The third-order valence-corrected chi connectivity index (χ3v) is 2.46. The minimum atomic E-state index is 0.0470. The number of carbonyl (C=O) groups is 1. The second-order valence-electron chi connectivity index (χ2n) is 3.50. The fourth-order valence-electron chi connectivity index (χ4n) is 1.38. The number of hydrogen-bond donors (Lipinski definition) is 2. The highest BCUT2D eigenvalue weighted by Gasteiger charge is 2.09. The summed E-state index contributed by atoms with van der Waals surface area (Å²) in [6.07, 6.45) is 0.502. The first-order valence-corrected chi connectivity index (χ1v) is 5.25. The Kier molecular flexibility index (Phi) is 4.31. The predicted octanol–water partition coefficient (Wildman–Crippen LogP) is 2.32. The third-order valence-electron chi connectivity index (χ3n) is 2.46. The van der Waals surface area contributed by atoms with Crippen LogP contribution in [0.25, 0.3) is 0 Å². The molecule has 0 aliphatic heterocycles. The highest BCUT2D eigenvalue weighted by atomic mass is 16.1. The van der Waals surface area contributed by atoms with E-state index in [1.807, 2.05) is 38.2 Å². The fraction of sp³-hybridized carbons (Fsp3) is 0.417. The highest BCUT2D eigenvalue weighted by molar-refractivity contribution is 5.91. The summed E-state index contributed by atoms with van der Waals surface area (Å²) in [5.74, 6) is 0.0470. The Morgan fingerprint density at radius 3 is 2.67 bits per heavy atom. The van der Waals surface area contributed by atoms with Crippen molar-refractivity contribution in [3.63, 3.8) is 0 Å². The first-order valence-electron chi connectivity index (χ1n) is 5.25. The predicted molar refractivity (Wildman–Crippen MR) is 62.8 cm³/mol. The number of amides is 1. The summed E-state index contributed by atoms with van der Waals surface area (Å²) in [5, 5.41) is 6.06. The van der Waals surface area contributed by atoms with Crippen molar-refractivity contribution in [2.45, 2.75) is 26.3 Å². The largest absolute Gasteiger partial charge is 0.326 e. The van der Waals surface area contributed by atoms with Crippen LogP contribution in [0.1, 0.15) is 31.9 Å². The van der Waals surface area contributed by atoms with Gasteiger partial charge in [0.1, 0.15) is 0 Å². The quantitative estimate of drug-likeness (QED) is 0.793. The van der Waals surface area contributed by atoms with Crippen LogP contribution < -0.4 is 10.6 Å². The van der Waals surface area contributed by atoms with Crippen molar-refractivity contribution in [3.8, 4) is 0 Å². The second-order valence-corrected chi connectivity index (χ2v) is 3.50. The van der Waals surface area contributed by atoms with E-state index in [-0.39, 0.29) is 11.9 Å². The van der Waals surface area contributed by atoms with Crippen LogP contribution in [0.15, 0.2) is 24.3 Å². The maximum atomic E-state index is 11.3. The summed E-state index contributed by atoms with van der Waals surface area (Å²) in [6, 6.07) is 8.09. The Labute approximate surface area is 90.9 Å². The number of benzene rings is 1. The van der Waals surface area contributed by atoms with E-state index in [9.17, 15) is 4.79 Å². The van der Waals surface area contributed by atoms with E-state index in [4.69, 9.17) is 0 Å². The van der Waals surface area contributed by atoms with Crippen molar-refractivity contribution in [3.05, 3.63) is 29.8 Å². The first kappa shape index (κ1) is 11.7. The Morgan fingerprint density at radius 1 is 1.40 bits per heavy atom. The van der Waals surface area contributed by atoms with Crippen LogP contribution in [0.4, 0.5) is 5.69 Å². The summed E-state index contributed by atoms with van der Waals surface area (Å²) >= 11 is 0. The van der Waals surface area contributed by atoms with Crippen molar-refractivity contribution in [2.24, 2.45) is 0 Å². The summed E-state index contributed by atoms with van der Waals surface area (Å²) in [5.41, 5.74) is 2.01. The first-order chi connectivity index (χ1) is 7.19. The lowest BCUT2D eigenvalue weighted by Crippen LogP contribution is -2.17. The molecule has 1 rings (SSSR count). The molecule has 1 amide bonds. The summed E-state index contributed by atoms with van der Waals surface area (Å²) < 4.78 is 0. The van der Waals surface area contributed by atoms with Crippen molar-refractivity contribution in [1.82, 2.24) is 5.32 Å². The van der Waals surface area contributed by atoms with E-state index in [1.165, 1.54) is 0 Å². The molecule has 2 N–H and O–H groups in total. The molecule has 3 heteroatoms. The smallest absolute Gasteiger partial charge is 0.224 e. The monoisotopic (exact) mass is 206 g/mol. The summed E-state index contributed by atoms with van der Waals surface area (Å²) in [4.78, 5) is 11.3. The second kappa shape index (κ2) is 5.51. The molecule has 1 aromatic carbocycles. The lowest BCUT2D eigenvalue weighted by molar-refractivity contribution is -0.115. The van der Waals surface area contributed by atoms with Crippen LogP contribution in [0.3, 0.4) is 0 Å².